The zero-order valence-electron chi connectivity index (χ0n) is 10.2. The first-order valence-corrected chi connectivity index (χ1v) is 6.49. The van der Waals surface area contributed by atoms with E-state index in [0.717, 1.165) is 9.21 Å². The van der Waals surface area contributed by atoms with Crippen LogP contribution in [0.3, 0.4) is 0 Å². The molecule has 2 unspecified atom stereocenters. The van der Waals surface area contributed by atoms with Crippen LogP contribution in [0.2, 0.25) is 4.34 Å². The number of thiophene rings is 1. The number of rotatable bonds is 4. The van der Waals surface area contributed by atoms with Crippen LogP contribution in [0.4, 0.5) is 0 Å². The minimum absolute atomic E-state index is 0.0742. The van der Waals surface area contributed by atoms with Crippen LogP contribution in [-0.2, 0) is 11.2 Å². The number of ether oxygens (including phenoxy) is 1. The van der Waals surface area contributed by atoms with E-state index < -0.39 is 6.10 Å². The quantitative estimate of drug-likeness (QED) is 0.902. The summed E-state index contributed by atoms with van der Waals surface area (Å²) >= 11 is 7.36. The zero-order valence-corrected chi connectivity index (χ0v) is 11.7. The predicted octanol–water partition coefficient (Wildman–Crippen LogP) is 3.37. The highest BCUT2D eigenvalue weighted by molar-refractivity contribution is 7.16. The first-order chi connectivity index (χ1) is 7.34. The molecule has 92 valence electrons. The van der Waals surface area contributed by atoms with E-state index in [-0.39, 0.29) is 11.5 Å². The molecule has 16 heavy (non-hydrogen) atoms. The molecule has 0 aliphatic rings. The van der Waals surface area contributed by atoms with Crippen molar-refractivity contribution in [1.82, 2.24) is 0 Å². The summed E-state index contributed by atoms with van der Waals surface area (Å²) < 4.78 is 6.13. The van der Waals surface area contributed by atoms with Crippen LogP contribution in [0.1, 0.15) is 25.6 Å². The second-order valence-corrected chi connectivity index (χ2v) is 6.80. The second kappa shape index (κ2) is 5.50. The van der Waals surface area contributed by atoms with Crippen molar-refractivity contribution in [2.75, 3.05) is 7.11 Å². The Hall–Kier alpha value is -0.0900. The van der Waals surface area contributed by atoms with Gasteiger partial charge in [0.25, 0.3) is 0 Å². The summed E-state index contributed by atoms with van der Waals surface area (Å²) in [6.45, 7) is 6.18. The van der Waals surface area contributed by atoms with Crippen LogP contribution < -0.4 is 0 Å². The lowest BCUT2D eigenvalue weighted by atomic mass is 9.84. The monoisotopic (exact) mass is 262 g/mol. The first-order valence-electron chi connectivity index (χ1n) is 5.29. The van der Waals surface area contributed by atoms with E-state index in [2.05, 4.69) is 20.8 Å². The van der Waals surface area contributed by atoms with E-state index in [0.29, 0.717) is 6.42 Å². The molecule has 2 nitrogen and oxygen atoms in total. The Labute approximate surface area is 106 Å². The van der Waals surface area contributed by atoms with Crippen LogP contribution in [0.15, 0.2) is 12.1 Å². The molecule has 0 spiro atoms. The molecule has 0 aliphatic carbocycles. The molecule has 1 aromatic rings. The van der Waals surface area contributed by atoms with Crippen LogP contribution in [0.25, 0.3) is 0 Å². The van der Waals surface area contributed by atoms with Gasteiger partial charge in [0.15, 0.2) is 0 Å². The fourth-order valence-electron chi connectivity index (χ4n) is 1.86. The molecular weight excluding hydrogens is 244 g/mol. The number of aliphatic hydroxyl groups is 1. The van der Waals surface area contributed by atoms with E-state index >= 15 is 0 Å². The molecule has 1 heterocycles. The third-order valence-electron chi connectivity index (χ3n) is 2.50. The minimum atomic E-state index is -0.500. The Morgan fingerprint density at radius 3 is 2.44 bits per heavy atom. The maximum Gasteiger partial charge on any atom is 0.0931 e. The molecule has 0 aliphatic heterocycles. The van der Waals surface area contributed by atoms with Crippen LogP contribution in [0, 0.1) is 5.41 Å². The fourth-order valence-corrected chi connectivity index (χ4v) is 3.00. The molecule has 0 radical (unpaired) electrons. The molecule has 0 amide bonds. The first kappa shape index (κ1) is 14.0. The second-order valence-electron chi connectivity index (χ2n) is 5.00. The molecule has 0 fully saturated rings. The Bertz CT molecular complexity index is 330. The van der Waals surface area contributed by atoms with Crippen molar-refractivity contribution in [2.45, 2.75) is 39.4 Å². The Morgan fingerprint density at radius 2 is 2.06 bits per heavy atom. The highest BCUT2D eigenvalue weighted by Crippen LogP contribution is 2.28. The Balaban J connectivity index is 2.66. The van der Waals surface area contributed by atoms with Gasteiger partial charge in [-0.3, -0.25) is 0 Å². The Kier molecular flexibility index (Phi) is 4.80. The topological polar surface area (TPSA) is 29.5 Å². The lowest BCUT2D eigenvalue weighted by Crippen LogP contribution is -2.40. The van der Waals surface area contributed by atoms with Gasteiger partial charge < -0.3 is 9.84 Å². The van der Waals surface area contributed by atoms with Gasteiger partial charge in [0.2, 0.25) is 0 Å². The van der Waals surface area contributed by atoms with Crippen LogP contribution in [-0.4, -0.2) is 24.4 Å². The molecule has 0 saturated heterocycles. The maximum atomic E-state index is 10.1. The van der Waals surface area contributed by atoms with Crippen LogP contribution in [0.5, 0.6) is 0 Å². The summed E-state index contributed by atoms with van der Waals surface area (Å²) in [6.07, 6.45) is -0.0826. The summed E-state index contributed by atoms with van der Waals surface area (Å²) in [7, 11) is 1.64. The number of hydrogen-bond donors (Lipinski definition) is 1. The summed E-state index contributed by atoms with van der Waals surface area (Å²) in [5, 5.41) is 10.1. The third kappa shape index (κ3) is 3.74. The van der Waals surface area contributed by atoms with Crippen molar-refractivity contribution in [3.63, 3.8) is 0 Å². The standard InChI is InChI=1S/C12H19ClO2S/c1-12(2,3)11(15-4)9(14)7-8-5-6-10(13)16-8/h5-6,9,11,14H,7H2,1-4H3. The van der Waals surface area contributed by atoms with Crippen molar-refractivity contribution >= 4 is 22.9 Å². The fraction of sp³-hybridized carbons (Fsp3) is 0.667. The number of halogens is 1. The summed E-state index contributed by atoms with van der Waals surface area (Å²) in [5.74, 6) is 0. The molecule has 0 aromatic carbocycles. The molecular formula is C12H19ClO2S. The molecule has 1 rings (SSSR count). The lowest BCUT2D eigenvalue weighted by Gasteiger charge is -2.33. The van der Waals surface area contributed by atoms with Crippen molar-refractivity contribution < 1.29 is 9.84 Å². The van der Waals surface area contributed by atoms with Gasteiger partial charge in [-0.25, -0.2) is 0 Å². The van der Waals surface area contributed by atoms with Gasteiger partial charge in [0.1, 0.15) is 0 Å². The number of hydrogen-bond acceptors (Lipinski definition) is 3. The normalized spacial score (nSPS) is 16.1. The van der Waals surface area contributed by atoms with E-state index in [9.17, 15) is 5.11 Å². The summed E-state index contributed by atoms with van der Waals surface area (Å²) in [4.78, 5) is 1.09. The van der Waals surface area contributed by atoms with E-state index in [4.69, 9.17) is 16.3 Å². The highest BCUT2D eigenvalue weighted by Gasteiger charge is 2.31. The van der Waals surface area contributed by atoms with E-state index in [1.807, 2.05) is 12.1 Å². The molecule has 0 bridgehead atoms. The Morgan fingerprint density at radius 1 is 1.44 bits per heavy atom. The minimum Gasteiger partial charge on any atom is -0.390 e. The van der Waals surface area contributed by atoms with Gasteiger partial charge in [-0.1, -0.05) is 32.4 Å². The molecule has 4 heteroatoms. The van der Waals surface area contributed by atoms with Gasteiger partial charge >= 0.3 is 0 Å². The van der Waals surface area contributed by atoms with Crippen molar-refractivity contribution in [1.29, 1.82) is 0 Å². The van der Waals surface area contributed by atoms with Crippen molar-refractivity contribution in [2.24, 2.45) is 5.41 Å². The van der Waals surface area contributed by atoms with Gasteiger partial charge in [-0.2, -0.15) is 0 Å². The largest absolute Gasteiger partial charge is 0.390 e. The highest BCUT2D eigenvalue weighted by atomic mass is 35.5. The summed E-state index contributed by atoms with van der Waals surface area (Å²) in [5.41, 5.74) is -0.0742. The maximum absolute atomic E-state index is 10.1. The smallest absolute Gasteiger partial charge is 0.0931 e. The number of methoxy groups -OCH3 is 1. The average Bonchev–Trinajstić information content (AvgIpc) is 2.49. The average molecular weight is 263 g/mol. The SMILES string of the molecule is COC(C(O)Cc1ccc(Cl)s1)C(C)(C)C. The molecule has 1 aromatic heterocycles. The molecule has 2 atom stereocenters. The molecule has 0 saturated carbocycles. The summed E-state index contributed by atoms with van der Waals surface area (Å²) in [6, 6.07) is 3.80. The van der Waals surface area contributed by atoms with E-state index in [1.54, 1.807) is 7.11 Å². The third-order valence-corrected chi connectivity index (χ3v) is 3.75. The predicted molar refractivity (Wildman–Crippen MR) is 69.3 cm³/mol. The van der Waals surface area contributed by atoms with Gasteiger partial charge in [0.05, 0.1) is 16.5 Å². The zero-order chi connectivity index (χ0) is 12.3. The lowest BCUT2D eigenvalue weighted by molar-refractivity contribution is -0.0696. The van der Waals surface area contributed by atoms with E-state index in [1.165, 1.54) is 11.3 Å². The van der Waals surface area contributed by atoms with Gasteiger partial charge in [0, 0.05) is 18.4 Å². The molecule has 1 N–H and O–H groups in total. The number of aliphatic hydroxyl groups excluding tert-OH is 1. The van der Waals surface area contributed by atoms with Crippen molar-refractivity contribution in [3.8, 4) is 0 Å². The van der Waals surface area contributed by atoms with Gasteiger partial charge in [-0.05, 0) is 17.5 Å². The van der Waals surface area contributed by atoms with Crippen LogP contribution >= 0.6 is 22.9 Å². The van der Waals surface area contributed by atoms with Crippen molar-refractivity contribution in [3.05, 3.63) is 21.3 Å². The van der Waals surface area contributed by atoms with Gasteiger partial charge in [-0.15, -0.1) is 11.3 Å².